The van der Waals surface area contributed by atoms with Crippen molar-refractivity contribution >= 4 is 15.5 Å². The van der Waals surface area contributed by atoms with E-state index in [-0.39, 0.29) is 12.0 Å². The van der Waals surface area contributed by atoms with Crippen LogP contribution in [0.15, 0.2) is 29.2 Å². The number of sulfone groups is 1. The number of aliphatic hydroxyl groups excluding tert-OH is 1. The van der Waals surface area contributed by atoms with E-state index in [0.29, 0.717) is 12.2 Å². The summed E-state index contributed by atoms with van der Waals surface area (Å²) in [6, 6.07) is 5.20. The summed E-state index contributed by atoms with van der Waals surface area (Å²) in [6.07, 6.45) is 1.91. The molecule has 1 aliphatic rings. The first-order valence-electron chi connectivity index (χ1n) is 5.86. The first-order valence-corrected chi connectivity index (χ1v) is 7.41. The Morgan fingerprint density at radius 2 is 1.84 bits per heavy atom. The Bertz CT molecular complexity index is 539. The van der Waals surface area contributed by atoms with E-state index in [1.807, 2.05) is 0 Å². The molecule has 106 valence electrons. The molecule has 4 nitrogen and oxygen atoms in total. The average molecular weight is 291 g/mol. The average Bonchev–Trinajstić information content (AvgIpc) is 3.17. The molecule has 0 radical (unpaired) electrons. The van der Waals surface area contributed by atoms with Crippen molar-refractivity contribution in [3.05, 3.63) is 24.3 Å². The zero-order valence-electron chi connectivity index (χ0n) is 10.1. The largest absolute Gasteiger partial charge is 0.396 e. The fraction of sp³-hybridized carbons (Fsp3) is 0.500. The maximum absolute atomic E-state index is 12.3. The van der Waals surface area contributed by atoms with Crippen LogP contribution in [-0.4, -0.2) is 32.4 Å². The summed E-state index contributed by atoms with van der Waals surface area (Å²) in [6.45, 7) is 0.697. The lowest BCUT2D eigenvalue weighted by atomic mass is 10.1. The predicted octanol–water partition coefficient (Wildman–Crippen LogP) is 1.87. The minimum absolute atomic E-state index is 0.0757. The molecule has 0 bridgehead atoms. The van der Waals surface area contributed by atoms with Crippen molar-refractivity contribution in [2.24, 2.45) is 5.41 Å². The van der Waals surface area contributed by atoms with Crippen LogP contribution in [0.25, 0.3) is 0 Å². The van der Waals surface area contributed by atoms with E-state index in [2.05, 4.69) is 5.32 Å². The molecule has 0 amide bonds. The highest BCUT2D eigenvalue weighted by atomic mass is 32.2. The van der Waals surface area contributed by atoms with Gasteiger partial charge in [-0.15, -0.1) is 0 Å². The van der Waals surface area contributed by atoms with Crippen molar-refractivity contribution in [2.75, 3.05) is 18.5 Å². The number of halogens is 2. The van der Waals surface area contributed by atoms with Gasteiger partial charge in [0.25, 0.3) is 0 Å². The van der Waals surface area contributed by atoms with E-state index in [0.717, 1.165) is 25.0 Å². The van der Waals surface area contributed by atoms with Gasteiger partial charge < -0.3 is 10.4 Å². The maximum Gasteiger partial charge on any atom is 0.341 e. The predicted molar refractivity (Wildman–Crippen MR) is 66.9 cm³/mol. The van der Waals surface area contributed by atoms with E-state index in [1.165, 1.54) is 12.1 Å². The van der Waals surface area contributed by atoms with Gasteiger partial charge in [0.05, 0.1) is 11.5 Å². The Hall–Kier alpha value is -1.21. The molecule has 7 heteroatoms. The Kier molecular flexibility index (Phi) is 3.78. The number of aliphatic hydroxyl groups is 1. The number of benzene rings is 1. The van der Waals surface area contributed by atoms with Crippen LogP contribution >= 0.6 is 0 Å². The molecular formula is C12H15F2NO3S. The number of rotatable bonds is 6. The second kappa shape index (κ2) is 5.05. The fourth-order valence-electron chi connectivity index (χ4n) is 1.72. The highest BCUT2D eigenvalue weighted by Gasteiger charge is 2.41. The number of hydrogen-bond acceptors (Lipinski definition) is 4. The van der Waals surface area contributed by atoms with Gasteiger partial charge in [0.1, 0.15) is 0 Å². The number of anilines is 1. The van der Waals surface area contributed by atoms with Gasteiger partial charge in [-0.25, -0.2) is 8.42 Å². The molecule has 1 saturated carbocycles. The van der Waals surface area contributed by atoms with Crippen molar-refractivity contribution in [1.82, 2.24) is 0 Å². The molecular weight excluding hydrogens is 276 g/mol. The zero-order chi connectivity index (χ0) is 14.1. The van der Waals surface area contributed by atoms with Crippen LogP contribution in [0.5, 0.6) is 0 Å². The van der Waals surface area contributed by atoms with Crippen molar-refractivity contribution in [2.45, 2.75) is 23.5 Å². The second-order valence-corrected chi connectivity index (χ2v) is 6.76. The van der Waals surface area contributed by atoms with Gasteiger partial charge in [0.2, 0.25) is 9.84 Å². The summed E-state index contributed by atoms with van der Waals surface area (Å²) in [5.74, 6) is -3.41. The molecule has 1 fully saturated rings. The number of hydrogen-bond donors (Lipinski definition) is 2. The molecule has 1 aromatic carbocycles. The lowest BCUT2D eigenvalue weighted by Crippen LogP contribution is -2.19. The lowest BCUT2D eigenvalue weighted by molar-refractivity contribution is 0.220. The van der Waals surface area contributed by atoms with Gasteiger partial charge in [0, 0.05) is 17.6 Å². The van der Waals surface area contributed by atoms with Gasteiger partial charge >= 0.3 is 5.76 Å². The third kappa shape index (κ3) is 3.03. The Morgan fingerprint density at radius 1 is 1.26 bits per heavy atom. The third-order valence-electron chi connectivity index (χ3n) is 3.38. The molecule has 0 spiro atoms. The quantitative estimate of drug-likeness (QED) is 0.839. The SMILES string of the molecule is O=S(=O)(c1ccc(NCC2(CO)CC2)cc1)C(F)F. The monoisotopic (exact) mass is 291 g/mol. The van der Waals surface area contributed by atoms with Gasteiger partial charge in [-0.1, -0.05) is 0 Å². The molecule has 0 atom stereocenters. The standard InChI is InChI=1S/C12H15F2NO3S/c13-11(14)19(17,18)10-3-1-9(2-4-10)15-7-12(8-16)5-6-12/h1-4,11,15-16H,5-8H2. The molecule has 1 aromatic rings. The first kappa shape index (κ1) is 14.2. The van der Waals surface area contributed by atoms with Crippen molar-refractivity contribution in [1.29, 1.82) is 0 Å². The van der Waals surface area contributed by atoms with E-state index < -0.39 is 20.5 Å². The highest BCUT2D eigenvalue weighted by molar-refractivity contribution is 7.91. The molecule has 19 heavy (non-hydrogen) atoms. The topological polar surface area (TPSA) is 66.4 Å². The Balaban J connectivity index is 2.03. The van der Waals surface area contributed by atoms with Gasteiger partial charge in [-0.05, 0) is 37.1 Å². The summed E-state index contributed by atoms with van der Waals surface area (Å²) >= 11 is 0. The Labute approximate surface area is 110 Å². The van der Waals surface area contributed by atoms with Crippen LogP contribution in [-0.2, 0) is 9.84 Å². The van der Waals surface area contributed by atoms with Crippen LogP contribution in [0, 0.1) is 5.41 Å². The van der Waals surface area contributed by atoms with Gasteiger partial charge in [0.15, 0.2) is 0 Å². The molecule has 0 aromatic heterocycles. The van der Waals surface area contributed by atoms with Crippen LogP contribution in [0.1, 0.15) is 12.8 Å². The zero-order valence-corrected chi connectivity index (χ0v) is 11.0. The molecule has 0 aliphatic heterocycles. The van der Waals surface area contributed by atoms with Crippen LogP contribution in [0.2, 0.25) is 0 Å². The minimum atomic E-state index is -4.53. The smallest absolute Gasteiger partial charge is 0.341 e. The number of alkyl halides is 2. The van der Waals surface area contributed by atoms with Crippen molar-refractivity contribution in [3.8, 4) is 0 Å². The first-order chi connectivity index (χ1) is 8.89. The van der Waals surface area contributed by atoms with Crippen molar-refractivity contribution in [3.63, 3.8) is 0 Å². The van der Waals surface area contributed by atoms with Crippen LogP contribution in [0.4, 0.5) is 14.5 Å². The maximum atomic E-state index is 12.3. The molecule has 2 rings (SSSR count). The summed E-state index contributed by atoms with van der Waals surface area (Å²) < 4.78 is 47.1. The minimum Gasteiger partial charge on any atom is -0.396 e. The van der Waals surface area contributed by atoms with E-state index in [9.17, 15) is 17.2 Å². The van der Waals surface area contributed by atoms with Crippen LogP contribution < -0.4 is 5.32 Å². The normalized spacial score (nSPS) is 17.5. The summed E-state index contributed by atoms with van der Waals surface area (Å²) in [5, 5.41) is 12.2. The van der Waals surface area contributed by atoms with E-state index in [4.69, 9.17) is 5.11 Å². The summed E-state index contributed by atoms with van der Waals surface area (Å²) in [5.41, 5.74) is 0.571. The van der Waals surface area contributed by atoms with Crippen molar-refractivity contribution < 1.29 is 22.3 Å². The van der Waals surface area contributed by atoms with Gasteiger partial charge in [-0.2, -0.15) is 8.78 Å². The molecule has 1 aliphatic carbocycles. The second-order valence-electron chi connectivity index (χ2n) is 4.84. The lowest BCUT2D eigenvalue weighted by Gasteiger charge is -2.14. The third-order valence-corrected chi connectivity index (χ3v) is 4.78. The molecule has 0 saturated heterocycles. The fourth-order valence-corrected chi connectivity index (χ4v) is 2.44. The molecule has 2 N–H and O–H groups in total. The van der Waals surface area contributed by atoms with E-state index >= 15 is 0 Å². The van der Waals surface area contributed by atoms with Crippen LogP contribution in [0.3, 0.4) is 0 Å². The van der Waals surface area contributed by atoms with Gasteiger partial charge in [-0.3, -0.25) is 0 Å². The molecule has 0 heterocycles. The number of nitrogens with one attached hydrogen (secondary N) is 1. The Morgan fingerprint density at radius 3 is 2.26 bits per heavy atom. The summed E-state index contributed by atoms with van der Waals surface area (Å²) in [7, 11) is -4.53. The highest BCUT2D eigenvalue weighted by Crippen LogP contribution is 2.44. The van der Waals surface area contributed by atoms with E-state index in [1.54, 1.807) is 0 Å². The molecule has 0 unspecified atom stereocenters. The summed E-state index contributed by atoms with van der Waals surface area (Å²) in [4.78, 5) is -0.392.